The van der Waals surface area contributed by atoms with Crippen molar-refractivity contribution in [2.75, 3.05) is 20.8 Å². The Morgan fingerprint density at radius 3 is 2.33 bits per heavy atom. The minimum absolute atomic E-state index is 0.0363. The third-order valence-electron chi connectivity index (χ3n) is 2.07. The Kier molecular flexibility index (Phi) is 5.90. The van der Waals surface area contributed by atoms with Gasteiger partial charge in [-0.2, -0.15) is 0 Å². The summed E-state index contributed by atoms with van der Waals surface area (Å²) in [4.78, 5) is 11.0. The van der Waals surface area contributed by atoms with Crippen LogP contribution >= 0.6 is 31.9 Å². The molecule has 0 bridgehead atoms. The number of rotatable bonds is 6. The van der Waals surface area contributed by atoms with Gasteiger partial charge in [0.25, 0.3) is 0 Å². The molecule has 1 N–H and O–H groups in total. The van der Waals surface area contributed by atoms with Crippen LogP contribution in [-0.4, -0.2) is 38.0 Å². The van der Waals surface area contributed by atoms with Crippen LogP contribution in [0, 0.1) is 0 Å². The Bertz CT molecular complexity index is 436. The van der Waals surface area contributed by atoms with Crippen molar-refractivity contribution < 1.29 is 24.1 Å². The maximum absolute atomic E-state index is 11.0. The van der Waals surface area contributed by atoms with E-state index in [0.717, 1.165) is 0 Å². The second kappa shape index (κ2) is 6.96. The first-order valence-electron chi connectivity index (χ1n) is 4.91. The minimum Gasteiger partial charge on any atom is -0.496 e. The average Bonchev–Trinajstić information content (AvgIpc) is 2.32. The first-order valence-corrected chi connectivity index (χ1v) is 6.49. The Hall–Kier alpha value is -0.790. The summed E-state index contributed by atoms with van der Waals surface area (Å²) < 4.78 is 16.5. The molecule has 0 amide bonds. The fourth-order valence-corrected chi connectivity index (χ4v) is 2.12. The molecular formula is C11H12Br2O5. The molecule has 5 nitrogen and oxygen atoms in total. The number of benzene rings is 1. The molecule has 0 fully saturated rings. The molecule has 1 unspecified atom stereocenters. The fraction of sp³-hybridized carbons (Fsp3) is 0.364. The third kappa shape index (κ3) is 3.86. The summed E-state index contributed by atoms with van der Waals surface area (Å²) in [6.07, 6.45) is -1.06. The summed E-state index contributed by atoms with van der Waals surface area (Å²) in [5.74, 6) is -0.0735. The van der Waals surface area contributed by atoms with Crippen molar-refractivity contribution in [1.29, 1.82) is 0 Å². The number of carbonyl (C=O) groups is 1. The van der Waals surface area contributed by atoms with E-state index in [0.29, 0.717) is 20.4 Å². The smallest absolute Gasteiger partial charge is 0.347 e. The van der Waals surface area contributed by atoms with Crippen molar-refractivity contribution in [2.24, 2.45) is 0 Å². The Morgan fingerprint density at radius 2 is 1.83 bits per heavy atom. The lowest BCUT2D eigenvalue weighted by atomic mass is 10.3. The van der Waals surface area contributed by atoms with E-state index >= 15 is 0 Å². The number of methoxy groups -OCH3 is 2. The molecule has 0 radical (unpaired) electrons. The van der Waals surface area contributed by atoms with E-state index in [1.165, 1.54) is 14.2 Å². The number of aliphatic carboxylic acids is 1. The van der Waals surface area contributed by atoms with Crippen molar-refractivity contribution >= 4 is 37.8 Å². The SMILES string of the molecule is COCC(Oc1cc(Br)c(OC)cc1Br)C(=O)O. The summed E-state index contributed by atoms with van der Waals surface area (Å²) in [6, 6.07) is 3.32. The molecule has 0 saturated heterocycles. The first kappa shape index (κ1) is 15.3. The molecule has 0 aliphatic rings. The molecule has 0 heterocycles. The van der Waals surface area contributed by atoms with Gasteiger partial charge in [0, 0.05) is 7.11 Å². The Labute approximate surface area is 121 Å². The van der Waals surface area contributed by atoms with Gasteiger partial charge in [-0.25, -0.2) is 4.79 Å². The van der Waals surface area contributed by atoms with Crippen LogP contribution in [0.15, 0.2) is 21.1 Å². The fourth-order valence-electron chi connectivity index (χ4n) is 1.22. The molecule has 1 aromatic rings. The lowest BCUT2D eigenvalue weighted by Crippen LogP contribution is -2.31. The van der Waals surface area contributed by atoms with Crippen molar-refractivity contribution in [1.82, 2.24) is 0 Å². The highest BCUT2D eigenvalue weighted by Crippen LogP contribution is 2.36. The van der Waals surface area contributed by atoms with Gasteiger partial charge in [-0.05, 0) is 44.0 Å². The molecule has 1 rings (SSSR count). The van der Waals surface area contributed by atoms with Gasteiger partial charge in [0.05, 0.1) is 22.7 Å². The van der Waals surface area contributed by atoms with Gasteiger partial charge >= 0.3 is 5.97 Å². The van der Waals surface area contributed by atoms with Crippen LogP contribution in [0.1, 0.15) is 0 Å². The van der Waals surface area contributed by atoms with Crippen LogP contribution in [0.25, 0.3) is 0 Å². The molecule has 100 valence electrons. The number of ether oxygens (including phenoxy) is 3. The van der Waals surface area contributed by atoms with Crippen LogP contribution in [0.4, 0.5) is 0 Å². The van der Waals surface area contributed by atoms with E-state index in [4.69, 9.17) is 19.3 Å². The van der Waals surface area contributed by atoms with Gasteiger partial charge in [-0.3, -0.25) is 0 Å². The summed E-state index contributed by atoms with van der Waals surface area (Å²) in [5.41, 5.74) is 0. The zero-order chi connectivity index (χ0) is 13.7. The minimum atomic E-state index is -1.09. The number of carboxylic acids is 1. The number of halogens is 2. The molecule has 0 saturated carbocycles. The number of hydrogen-bond acceptors (Lipinski definition) is 4. The zero-order valence-corrected chi connectivity index (χ0v) is 12.9. The van der Waals surface area contributed by atoms with Crippen molar-refractivity contribution in [2.45, 2.75) is 6.10 Å². The largest absolute Gasteiger partial charge is 0.496 e. The zero-order valence-electron chi connectivity index (χ0n) is 9.78. The van der Waals surface area contributed by atoms with Crippen LogP contribution < -0.4 is 9.47 Å². The molecular weight excluding hydrogens is 372 g/mol. The van der Waals surface area contributed by atoms with Gasteiger partial charge in [0.15, 0.2) is 0 Å². The van der Waals surface area contributed by atoms with Crippen LogP contribution in [0.2, 0.25) is 0 Å². The van der Waals surface area contributed by atoms with Gasteiger partial charge in [0.2, 0.25) is 6.10 Å². The maximum atomic E-state index is 11.0. The second-order valence-electron chi connectivity index (χ2n) is 3.32. The highest BCUT2D eigenvalue weighted by molar-refractivity contribution is 9.11. The summed E-state index contributed by atoms with van der Waals surface area (Å²) in [7, 11) is 2.95. The highest BCUT2D eigenvalue weighted by atomic mass is 79.9. The predicted molar refractivity (Wildman–Crippen MR) is 72.3 cm³/mol. The molecule has 0 aliphatic heterocycles. The Morgan fingerprint density at radius 1 is 1.28 bits per heavy atom. The Balaban J connectivity index is 2.96. The lowest BCUT2D eigenvalue weighted by molar-refractivity contribution is -0.147. The van der Waals surface area contributed by atoms with E-state index in [-0.39, 0.29) is 6.61 Å². The van der Waals surface area contributed by atoms with Crippen LogP contribution in [0.3, 0.4) is 0 Å². The quantitative estimate of drug-likeness (QED) is 0.818. The van der Waals surface area contributed by atoms with Crippen molar-refractivity contribution in [3.05, 3.63) is 21.1 Å². The molecule has 0 aliphatic carbocycles. The molecule has 7 heteroatoms. The average molecular weight is 384 g/mol. The van der Waals surface area contributed by atoms with E-state index in [2.05, 4.69) is 31.9 Å². The molecule has 1 atom stereocenters. The van der Waals surface area contributed by atoms with E-state index in [1.54, 1.807) is 12.1 Å². The van der Waals surface area contributed by atoms with Crippen LogP contribution in [0.5, 0.6) is 11.5 Å². The maximum Gasteiger partial charge on any atom is 0.347 e. The van der Waals surface area contributed by atoms with Gasteiger partial charge < -0.3 is 19.3 Å². The molecule has 0 spiro atoms. The second-order valence-corrected chi connectivity index (χ2v) is 5.03. The topological polar surface area (TPSA) is 65.0 Å². The molecule has 0 aromatic heterocycles. The summed E-state index contributed by atoms with van der Waals surface area (Å²) in [6.45, 7) is -0.0363. The van der Waals surface area contributed by atoms with Crippen molar-refractivity contribution in [3.63, 3.8) is 0 Å². The van der Waals surface area contributed by atoms with Gasteiger partial charge in [-0.1, -0.05) is 0 Å². The van der Waals surface area contributed by atoms with Crippen LogP contribution in [-0.2, 0) is 9.53 Å². The third-order valence-corrected chi connectivity index (χ3v) is 3.31. The number of carboxylic acid groups (broad SMARTS) is 1. The van der Waals surface area contributed by atoms with E-state index in [9.17, 15) is 4.79 Å². The summed E-state index contributed by atoms with van der Waals surface area (Å²) in [5, 5.41) is 8.97. The monoisotopic (exact) mass is 382 g/mol. The van der Waals surface area contributed by atoms with Crippen molar-refractivity contribution in [3.8, 4) is 11.5 Å². The summed E-state index contributed by atoms with van der Waals surface area (Å²) >= 11 is 6.59. The normalized spacial score (nSPS) is 12.0. The standard InChI is InChI=1S/C11H12Br2O5/c1-16-5-10(11(14)15)18-9-4-6(12)8(17-2)3-7(9)13/h3-4,10H,5H2,1-2H3,(H,14,15). The van der Waals surface area contributed by atoms with Gasteiger partial charge in [0.1, 0.15) is 11.5 Å². The van der Waals surface area contributed by atoms with Gasteiger partial charge in [-0.15, -0.1) is 0 Å². The number of hydrogen-bond donors (Lipinski definition) is 1. The predicted octanol–water partition coefficient (Wildman–Crippen LogP) is 2.70. The lowest BCUT2D eigenvalue weighted by Gasteiger charge is -2.16. The van der Waals surface area contributed by atoms with E-state index < -0.39 is 12.1 Å². The first-order chi connectivity index (χ1) is 8.49. The molecule has 18 heavy (non-hydrogen) atoms. The molecule has 1 aromatic carbocycles. The van der Waals surface area contributed by atoms with E-state index in [1.807, 2.05) is 0 Å². The highest BCUT2D eigenvalue weighted by Gasteiger charge is 2.21.